The molecule has 4 rings (SSSR count). The number of pyridine rings is 2. The Balaban J connectivity index is 1.83. The third kappa shape index (κ3) is 5.17. The van der Waals surface area contributed by atoms with Crippen molar-refractivity contribution < 1.29 is 22.7 Å². The highest BCUT2D eigenvalue weighted by Gasteiger charge is 2.39. The molecule has 11 heteroatoms. The zero-order valence-electron chi connectivity index (χ0n) is 21.5. The van der Waals surface area contributed by atoms with Crippen molar-refractivity contribution in [2.45, 2.75) is 37.6 Å². The van der Waals surface area contributed by atoms with Crippen LogP contribution in [0.5, 0.6) is 11.5 Å². The summed E-state index contributed by atoms with van der Waals surface area (Å²) < 4.78 is 39.0. The third-order valence-electron chi connectivity index (χ3n) is 6.45. The normalized spacial score (nSPS) is 16.9. The summed E-state index contributed by atoms with van der Waals surface area (Å²) in [7, 11) is -1.14. The van der Waals surface area contributed by atoms with E-state index < -0.39 is 15.9 Å². The number of carbonyl (C=O) groups is 1. The molecule has 1 amide bonds. The van der Waals surface area contributed by atoms with E-state index in [1.165, 1.54) is 18.3 Å². The van der Waals surface area contributed by atoms with E-state index >= 15 is 0 Å². The molecule has 1 aliphatic heterocycles. The maximum Gasteiger partial charge on any atom is 0.268 e. The second-order valence-electron chi connectivity index (χ2n) is 9.69. The minimum absolute atomic E-state index is 0.124. The lowest BCUT2D eigenvalue weighted by Gasteiger charge is -2.34. The first-order valence-electron chi connectivity index (χ1n) is 11.8. The Morgan fingerprint density at radius 3 is 2.54 bits per heavy atom. The lowest BCUT2D eigenvalue weighted by Crippen LogP contribution is -2.41. The van der Waals surface area contributed by atoms with Gasteiger partial charge in [-0.3, -0.25) is 4.79 Å². The molecule has 3 N–H and O–H groups in total. The third-order valence-corrected chi connectivity index (χ3v) is 7.83. The minimum Gasteiger partial charge on any atom is -0.497 e. The largest absolute Gasteiger partial charge is 0.497 e. The van der Waals surface area contributed by atoms with Gasteiger partial charge in [0, 0.05) is 23.8 Å². The van der Waals surface area contributed by atoms with E-state index in [1.807, 2.05) is 4.90 Å². The van der Waals surface area contributed by atoms with Gasteiger partial charge in [0.2, 0.25) is 0 Å². The number of ether oxygens (including phenoxy) is 2. The standard InChI is InChI=1S/C26H31N5O5S/c1-16-14-26(2,3)31(15-16)24-18(25(32)30-37(33,34)22-7-6-12-28-23(22)27)9-10-20(29-24)19-13-17(35-4)8-11-21(19)36-5/h6-13,16H,14-15H2,1-5H3,(H2,27,28)(H,30,32)/t16-/m0/s1. The number of hydrogen-bond donors (Lipinski definition) is 2. The van der Waals surface area contributed by atoms with Crippen molar-refractivity contribution >= 4 is 27.6 Å². The van der Waals surface area contributed by atoms with Crippen LogP contribution in [0.1, 0.15) is 37.6 Å². The van der Waals surface area contributed by atoms with Crippen LogP contribution in [-0.2, 0) is 10.0 Å². The summed E-state index contributed by atoms with van der Waals surface area (Å²) in [5.41, 5.74) is 6.79. The summed E-state index contributed by atoms with van der Waals surface area (Å²) in [5, 5.41) is 0. The summed E-state index contributed by atoms with van der Waals surface area (Å²) in [4.78, 5) is 23.9. The van der Waals surface area contributed by atoms with E-state index in [9.17, 15) is 13.2 Å². The molecule has 0 unspecified atom stereocenters. The average Bonchev–Trinajstić information content (AvgIpc) is 3.14. The van der Waals surface area contributed by atoms with E-state index in [-0.39, 0.29) is 21.8 Å². The number of hydrogen-bond acceptors (Lipinski definition) is 9. The molecule has 1 aliphatic rings. The van der Waals surface area contributed by atoms with Gasteiger partial charge in [-0.25, -0.2) is 23.1 Å². The highest BCUT2D eigenvalue weighted by atomic mass is 32.2. The summed E-state index contributed by atoms with van der Waals surface area (Å²) in [6.07, 6.45) is 2.26. The van der Waals surface area contributed by atoms with Crippen molar-refractivity contribution in [3.05, 3.63) is 54.2 Å². The molecule has 1 aromatic carbocycles. The fraction of sp³-hybridized carbons (Fsp3) is 0.346. The van der Waals surface area contributed by atoms with Crippen LogP contribution in [0, 0.1) is 5.92 Å². The summed E-state index contributed by atoms with van der Waals surface area (Å²) in [6.45, 7) is 6.94. The topological polar surface area (TPSA) is 137 Å². The number of carbonyl (C=O) groups excluding carboxylic acids is 1. The number of rotatable bonds is 7. The summed E-state index contributed by atoms with van der Waals surface area (Å²) in [5.74, 6) is 0.919. The van der Waals surface area contributed by atoms with E-state index in [2.05, 4.69) is 30.5 Å². The molecule has 37 heavy (non-hydrogen) atoms. The average molecular weight is 526 g/mol. The molecule has 0 aliphatic carbocycles. The quantitative estimate of drug-likeness (QED) is 0.475. The van der Waals surface area contributed by atoms with Crippen molar-refractivity contribution in [2.75, 3.05) is 31.4 Å². The molecule has 1 atom stereocenters. The highest BCUT2D eigenvalue weighted by Crippen LogP contribution is 2.40. The van der Waals surface area contributed by atoms with Gasteiger partial charge >= 0.3 is 0 Å². The van der Waals surface area contributed by atoms with Crippen molar-refractivity contribution in [1.82, 2.24) is 14.7 Å². The van der Waals surface area contributed by atoms with E-state index in [0.29, 0.717) is 41.0 Å². The fourth-order valence-corrected chi connectivity index (χ4v) is 5.87. The van der Waals surface area contributed by atoms with Crippen LogP contribution in [0.25, 0.3) is 11.3 Å². The van der Waals surface area contributed by atoms with E-state index in [1.54, 1.807) is 44.6 Å². The number of amides is 1. The Morgan fingerprint density at radius 2 is 1.92 bits per heavy atom. The van der Waals surface area contributed by atoms with Crippen LogP contribution < -0.4 is 24.8 Å². The maximum atomic E-state index is 13.4. The van der Waals surface area contributed by atoms with Gasteiger partial charge in [-0.15, -0.1) is 0 Å². The van der Waals surface area contributed by atoms with Crippen molar-refractivity contribution in [2.24, 2.45) is 5.92 Å². The van der Waals surface area contributed by atoms with E-state index in [0.717, 1.165) is 6.42 Å². The number of nitrogens with zero attached hydrogens (tertiary/aromatic N) is 3. The Bertz CT molecular complexity index is 1440. The first kappa shape index (κ1) is 26.2. The van der Waals surface area contributed by atoms with Crippen molar-refractivity contribution in [3.63, 3.8) is 0 Å². The Morgan fingerprint density at radius 1 is 1.16 bits per heavy atom. The van der Waals surface area contributed by atoms with Crippen LogP contribution in [0.3, 0.4) is 0 Å². The zero-order chi connectivity index (χ0) is 27.0. The first-order chi connectivity index (χ1) is 17.5. The molecule has 196 valence electrons. The molecule has 0 spiro atoms. The molecular weight excluding hydrogens is 494 g/mol. The Kier molecular flexibility index (Phi) is 7.00. The summed E-state index contributed by atoms with van der Waals surface area (Å²) in [6, 6.07) is 11.3. The van der Waals surface area contributed by atoms with Gasteiger partial charge in [-0.2, -0.15) is 0 Å². The lowest BCUT2D eigenvalue weighted by molar-refractivity contribution is 0.0981. The Hall–Kier alpha value is -3.86. The van der Waals surface area contributed by atoms with Crippen LogP contribution in [0.15, 0.2) is 53.6 Å². The monoisotopic (exact) mass is 525 g/mol. The molecular formula is C26H31N5O5S. The van der Waals surface area contributed by atoms with Gasteiger partial charge in [0.15, 0.2) is 0 Å². The number of nitrogens with one attached hydrogen (secondary N) is 1. The van der Waals surface area contributed by atoms with Gasteiger partial charge < -0.3 is 20.1 Å². The number of nitrogens with two attached hydrogens (primary N) is 1. The number of methoxy groups -OCH3 is 2. The zero-order valence-corrected chi connectivity index (χ0v) is 22.3. The second kappa shape index (κ2) is 9.89. The number of sulfonamides is 1. The molecule has 3 heterocycles. The Labute approximate surface area is 216 Å². The SMILES string of the molecule is COc1ccc(OC)c(-c2ccc(C(=O)NS(=O)(=O)c3cccnc3N)c(N3C[C@@H](C)CC3(C)C)n2)c1. The molecule has 0 saturated carbocycles. The molecule has 1 fully saturated rings. The predicted molar refractivity (Wildman–Crippen MR) is 141 cm³/mol. The van der Waals surface area contributed by atoms with Gasteiger partial charge in [-0.1, -0.05) is 6.92 Å². The van der Waals surface area contributed by atoms with Gasteiger partial charge in [-0.05, 0) is 68.7 Å². The van der Waals surface area contributed by atoms with Crippen LogP contribution in [0.4, 0.5) is 11.6 Å². The molecule has 1 saturated heterocycles. The van der Waals surface area contributed by atoms with Gasteiger partial charge in [0.25, 0.3) is 15.9 Å². The predicted octanol–water partition coefficient (Wildman–Crippen LogP) is 3.49. The van der Waals surface area contributed by atoms with Crippen molar-refractivity contribution in [3.8, 4) is 22.8 Å². The molecule has 0 radical (unpaired) electrons. The number of benzene rings is 1. The fourth-order valence-electron chi connectivity index (χ4n) is 4.82. The maximum absolute atomic E-state index is 13.4. The number of anilines is 2. The smallest absolute Gasteiger partial charge is 0.268 e. The number of nitrogen functional groups attached to an aromatic ring is 1. The molecule has 2 aromatic heterocycles. The molecule has 3 aromatic rings. The van der Waals surface area contributed by atoms with Crippen LogP contribution in [0.2, 0.25) is 0 Å². The second-order valence-corrected chi connectivity index (χ2v) is 11.3. The first-order valence-corrected chi connectivity index (χ1v) is 13.2. The van der Waals surface area contributed by atoms with Crippen LogP contribution in [-0.4, -0.2) is 50.6 Å². The van der Waals surface area contributed by atoms with Crippen molar-refractivity contribution in [1.29, 1.82) is 0 Å². The molecule has 0 bridgehead atoms. The summed E-state index contributed by atoms with van der Waals surface area (Å²) >= 11 is 0. The highest BCUT2D eigenvalue weighted by molar-refractivity contribution is 7.90. The van der Waals surface area contributed by atoms with E-state index in [4.69, 9.17) is 20.2 Å². The minimum atomic E-state index is -4.27. The van der Waals surface area contributed by atoms with Crippen LogP contribution >= 0.6 is 0 Å². The van der Waals surface area contributed by atoms with Gasteiger partial charge in [0.1, 0.15) is 28.0 Å². The molecule has 10 nitrogen and oxygen atoms in total. The number of aromatic nitrogens is 2. The van der Waals surface area contributed by atoms with Gasteiger partial charge in [0.05, 0.1) is 25.5 Å². The lowest BCUT2D eigenvalue weighted by atomic mass is 9.97.